The van der Waals surface area contributed by atoms with Crippen LogP contribution in [0.1, 0.15) is 108 Å². The number of hydrogen-bond acceptors (Lipinski definition) is 3. The molecule has 0 radical (unpaired) electrons. The van der Waals surface area contributed by atoms with Crippen molar-refractivity contribution in [3.63, 3.8) is 0 Å². The summed E-state index contributed by atoms with van der Waals surface area (Å²) in [6, 6.07) is 26.6. The van der Waals surface area contributed by atoms with Crippen molar-refractivity contribution in [1.29, 1.82) is 0 Å². The Labute approximate surface area is 264 Å². The van der Waals surface area contributed by atoms with Gasteiger partial charge in [0, 0.05) is 29.3 Å². The van der Waals surface area contributed by atoms with Crippen LogP contribution in [-0.2, 0) is 5.41 Å². The highest BCUT2D eigenvalue weighted by atomic mass is 16.1. The second-order valence-corrected chi connectivity index (χ2v) is 13.8. The number of nitrogens with zero attached hydrogens (tertiary/aromatic N) is 3. The Hall–Kier alpha value is -4.77. The SMILES string of the molecule is Cc1nn(-c2ccccc2)c2c1c(C(=O)c1ccc(C(C)C)cc1)c1c3c(c(-c4ccc(C(C)C)cc4)cn32)C(C)(C)CC1=O. The summed E-state index contributed by atoms with van der Waals surface area (Å²) in [6.45, 7) is 14.9. The highest BCUT2D eigenvalue weighted by molar-refractivity contribution is 6.26. The van der Waals surface area contributed by atoms with Crippen molar-refractivity contribution in [2.75, 3.05) is 0 Å². The first-order chi connectivity index (χ1) is 21.5. The maximum Gasteiger partial charge on any atom is 0.194 e. The number of aromatic nitrogens is 3. The zero-order valence-electron chi connectivity index (χ0n) is 27.1. The van der Waals surface area contributed by atoms with Crippen LogP contribution in [0.15, 0.2) is 85.1 Å². The number of pyridine rings is 1. The van der Waals surface area contributed by atoms with E-state index in [2.05, 4.69) is 76.4 Å². The van der Waals surface area contributed by atoms with E-state index < -0.39 is 5.41 Å². The van der Waals surface area contributed by atoms with Crippen molar-refractivity contribution < 1.29 is 9.59 Å². The van der Waals surface area contributed by atoms with E-state index in [1.54, 1.807) is 0 Å². The van der Waals surface area contributed by atoms with Crippen molar-refractivity contribution in [2.24, 2.45) is 0 Å². The lowest BCUT2D eigenvalue weighted by molar-refractivity contribution is 0.0943. The number of aryl methyl sites for hydroxylation is 1. The minimum atomic E-state index is -0.440. The molecule has 0 bridgehead atoms. The molecule has 0 saturated heterocycles. The molecular weight excluding hydrogens is 554 g/mol. The zero-order chi connectivity index (χ0) is 31.8. The van der Waals surface area contributed by atoms with E-state index in [4.69, 9.17) is 5.10 Å². The minimum Gasteiger partial charge on any atom is -0.299 e. The predicted octanol–water partition coefficient (Wildman–Crippen LogP) is 9.60. The molecule has 0 amide bonds. The van der Waals surface area contributed by atoms with Gasteiger partial charge in [-0.1, -0.05) is 108 Å². The highest BCUT2D eigenvalue weighted by Gasteiger charge is 2.41. The van der Waals surface area contributed by atoms with E-state index >= 15 is 0 Å². The minimum absolute atomic E-state index is 0.00628. The largest absolute Gasteiger partial charge is 0.299 e. The van der Waals surface area contributed by atoms with Crippen LogP contribution in [0, 0.1) is 6.92 Å². The number of rotatable bonds is 6. The van der Waals surface area contributed by atoms with E-state index in [0.29, 0.717) is 40.6 Å². The van der Waals surface area contributed by atoms with Crippen molar-refractivity contribution in [3.05, 3.63) is 124 Å². The topological polar surface area (TPSA) is 56.4 Å². The number of Topliss-reactive ketones (excluding diaryl/α,β-unsaturated/α-hetero) is 1. The third kappa shape index (κ3) is 4.48. The lowest BCUT2D eigenvalue weighted by Crippen LogP contribution is -2.29. The second-order valence-electron chi connectivity index (χ2n) is 13.8. The fraction of sp³-hybridized carbons (Fsp3) is 0.275. The molecule has 0 unspecified atom stereocenters. The Morgan fingerprint density at radius 2 is 1.44 bits per heavy atom. The number of fused-ring (bicyclic) bond motifs is 2. The fourth-order valence-corrected chi connectivity index (χ4v) is 7.13. The second kappa shape index (κ2) is 10.4. The van der Waals surface area contributed by atoms with E-state index in [9.17, 15) is 9.59 Å². The van der Waals surface area contributed by atoms with Crippen LogP contribution >= 0.6 is 0 Å². The molecule has 0 fully saturated rings. The van der Waals surface area contributed by atoms with Crippen LogP contribution in [0.5, 0.6) is 0 Å². The molecule has 5 nitrogen and oxygen atoms in total. The molecule has 0 N–H and O–H groups in total. The summed E-state index contributed by atoms with van der Waals surface area (Å²) < 4.78 is 4.06. The normalized spacial score (nSPS) is 14.3. The van der Waals surface area contributed by atoms with Gasteiger partial charge in [0.25, 0.3) is 0 Å². The van der Waals surface area contributed by atoms with E-state index in [1.165, 1.54) is 11.1 Å². The number of carbonyl (C=O) groups excluding carboxylic acids is 2. The molecule has 7 rings (SSSR count). The first-order valence-corrected chi connectivity index (χ1v) is 15.9. The Balaban J connectivity index is 1.63. The van der Waals surface area contributed by atoms with E-state index in [1.807, 2.05) is 66.2 Å². The van der Waals surface area contributed by atoms with Crippen molar-refractivity contribution in [1.82, 2.24) is 14.2 Å². The monoisotopic (exact) mass is 593 g/mol. The molecule has 0 saturated carbocycles. The van der Waals surface area contributed by atoms with Gasteiger partial charge in [0.15, 0.2) is 11.6 Å². The van der Waals surface area contributed by atoms with Crippen LogP contribution in [-0.4, -0.2) is 25.7 Å². The first kappa shape index (κ1) is 29.0. The van der Waals surface area contributed by atoms with Gasteiger partial charge < -0.3 is 0 Å². The summed E-state index contributed by atoms with van der Waals surface area (Å²) in [6.07, 6.45) is 2.48. The van der Waals surface area contributed by atoms with Gasteiger partial charge in [-0.25, -0.2) is 4.68 Å². The summed E-state index contributed by atoms with van der Waals surface area (Å²) >= 11 is 0. The number of para-hydroxylation sites is 1. The quantitative estimate of drug-likeness (QED) is 0.181. The maximum absolute atomic E-state index is 14.7. The lowest BCUT2D eigenvalue weighted by Gasteiger charge is -2.31. The van der Waals surface area contributed by atoms with Crippen molar-refractivity contribution in [3.8, 4) is 16.8 Å². The van der Waals surface area contributed by atoms with Crippen molar-refractivity contribution in [2.45, 2.75) is 72.1 Å². The molecule has 0 spiro atoms. The third-order valence-electron chi connectivity index (χ3n) is 9.52. The average molecular weight is 594 g/mol. The molecule has 6 aromatic rings. The van der Waals surface area contributed by atoms with Gasteiger partial charge >= 0.3 is 0 Å². The molecule has 3 heterocycles. The van der Waals surface area contributed by atoms with E-state index in [0.717, 1.165) is 38.9 Å². The molecule has 0 aliphatic heterocycles. The van der Waals surface area contributed by atoms with Gasteiger partial charge in [-0.05, 0) is 58.6 Å². The summed E-state index contributed by atoms with van der Waals surface area (Å²) in [7, 11) is 0. The van der Waals surface area contributed by atoms with Crippen molar-refractivity contribution >= 4 is 28.1 Å². The Morgan fingerprint density at radius 1 is 0.844 bits per heavy atom. The Kier molecular flexibility index (Phi) is 6.70. The fourth-order valence-electron chi connectivity index (χ4n) is 7.13. The lowest BCUT2D eigenvalue weighted by atomic mass is 9.71. The van der Waals surface area contributed by atoms with Gasteiger partial charge in [-0.3, -0.25) is 14.0 Å². The van der Waals surface area contributed by atoms with Crippen LogP contribution in [0.25, 0.3) is 33.4 Å². The number of hydrogen-bond donors (Lipinski definition) is 0. The van der Waals surface area contributed by atoms with Crippen LogP contribution in [0.3, 0.4) is 0 Å². The Morgan fingerprint density at radius 3 is 2.04 bits per heavy atom. The highest BCUT2D eigenvalue weighted by Crippen LogP contribution is 2.48. The molecule has 1 aliphatic carbocycles. The number of carbonyl (C=O) groups is 2. The number of ketones is 2. The molecule has 3 aromatic carbocycles. The predicted molar refractivity (Wildman–Crippen MR) is 182 cm³/mol. The van der Waals surface area contributed by atoms with Crippen LogP contribution in [0.2, 0.25) is 0 Å². The van der Waals surface area contributed by atoms with Crippen LogP contribution in [0.4, 0.5) is 0 Å². The smallest absolute Gasteiger partial charge is 0.194 e. The zero-order valence-corrected chi connectivity index (χ0v) is 27.1. The molecule has 3 aromatic heterocycles. The van der Waals surface area contributed by atoms with Gasteiger partial charge in [-0.15, -0.1) is 0 Å². The van der Waals surface area contributed by atoms with Gasteiger partial charge in [0.2, 0.25) is 0 Å². The number of benzene rings is 3. The standard InChI is InChI=1S/C40H39N3O2/c1-23(2)26-13-17-28(18-14-26)31-22-42-37-34(32(44)21-40(6,7)36(31)37)35(38(45)29-19-15-27(16-20-29)24(3)4)33-25(5)41-43(39(33)42)30-11-9-8-10-12-30/h8-20,22-24H,21H2,1-7H3. The van der Waals surface area contributed by atoms with Gasteiger partial charge in [0.1, 0.15) is 5.65 Å². The average Bonchev–Trinajstić information content (AvgIpc) is 3.59. The summed E-state index contributed by atoms with van der Waals surface area (Å²) in [5, 5.41) is 5.73. The molecule has 5 heteroatoms. The summed E-state index contributed by atoms with van der Waals surface area (Å²) in [5.41, 5.74) is 10.0. The molecule has 0 atom stereocenters. The molecule has 226 valence electrons. The molecular formula is C40H39N3O2. The molecule has 45 heavy (non-hydrogen) atoms. The summed E-state index contributed by atoms with van der Waals surface area (Å²) in [5.74, 6) is 0.627. The first-order valence-electron chi connectivity index (χ1n) is 15.9. The van der Waals surface area contributed by atoms with Gasteiger partial charge in [0.05, 0.1) is 27.8 Å². The maximum atomic E-state index is 14.7. The third-order valence-corrected chi connectivity index (χ3v) is 9.52. The van der Waals surface area contributed by atoms with Crippen LogP contribution < -0.4 is 0 Å². The molecule has 1 aliphatic rings. The van der Waals surface area contributed by atoms with Gasteiger partial charge in [-0.2, -0.15) is 5.10 Å². The Bertz CT molecular complexity index is 2120. The summed E-state index contributed by atoms with van der Waals surface area (Å²) in [4.78, 5) is 29.0. The van der Waals surface area contributed by atoms with E-state index in [-0.39, 0.29) is 11.6 Å².